The van der Waals surface area contributed by atoms with Crippen LogP contribution >= 0.6 is 0 Å². The second-order valence-corrected chi connectivity index (χ2v) is 4.98. The maximum atomic E-state index is 12.2. The van der Waals surface area contributed by atoms with Crippen molar-refractivity contribution >= 4 is 29.2 Å². The van der Waals surface area contributed by atoms with Gasteiger partial charge in [0.2, 0.25) is 11.8 Å². The first kappa shape index (κ1) is 15.8. The van der Waals surface area contributed by atoms with E-state index in [9.17, 15) is 14.4 Å². The summed E-state index contributed by atoms with van der Waals surface area (Å²) in [5, 5.41) is 8.13. The van der Waals surface area contributed by atoms with Crippen LogP contribution in [0.25, 0.3) is 0 Å². The Morgan fingerprint density at radius 1 is 1.23 bits per heavy atom. The van der Waals surface area contributed by atoms with E-state index in [0.717, 1.165) is 6.42 Å². The van der Waals surface area contributed by atoms with Crippen LogP contribution in [-0.4, -0.2) is 37.5 Å². The van der Waals surface area contributed by atoms with Crippen molar-refractivity contribution in [2.75, 3.05) is 29.9 Å². The van der Waals surface area contributed by atoms with Crippen molar-refractivity contribution in [1.29, 1.82) is 0 Å². The molecular weight excluding hydrogens is 284 g/mol. The molecule has 0 aromatic heterocycles. The van der Waals surface area contributed by atoms with Gasteiger partial charge in [-0.2, -0.15) is 0 Å². The molecule has 0 spiro atoms. The number of rotatable bonds is 5. The summed E-state index contributed by atoms with van der Waals surface area (Å²) in [4.78, 5) is 36.7. The second-order valence-electron chi connectivity index (χ2n) is 4.98. The Labute approximate surface area is 129 Å². The Kier molecular flexibility index (Phi) is 5.35. The molecule has 0 aliphatic carbocycles. The lowest BCUT2D eigenvalue weighted by molar-refractivity contribution is -0.121. The number of hydrogen-bond donors (Lipinski definition) is 3. The van der Waals surface area contributed by atoms with E-state index in [1.54, 1.807) is 24.3 Å². The molecule has 0 saturated carbocycles. The number of para-hydroxylation sites is 2. The molecule has 0 radical (unpaired) electrons. The van der Waals surface area contributed by atoms with Crippen LogP contribution in [0.4, 0.5) is 16.2 Å². The fraction of sp³-hybridized carbons (Fsp3) is 0.400. The van der Waals surface area contributed by atoms with Crippen LogP contribution in [0.2, 0.25) is 0 Å². The minimum Gasteiger partial charge on any atom is -0.356 e. The van der Waals surface area contributed by atoms with Gasteiger partial charge in [0, 0.05) is 19.5 Å². The van der Waals surface area contributed by atoms with E-state index in [2.05, 4.69) is 16.0 Å². The van der Waals surface area contributed by atoms with Gasteiger partial charge in [-0.1, -0.05) is 19.1 Å². The fourth-order valence-corrected chi connectivity index (χ4v) is 2.15. The maximum absolute atomic E-state index is 12.2. The summed E-state index contributed by atoms with van der Waals surface area (Å²) in [5.74, 6) is -0.339. The standard InChI is InChI=1S/C15H20N4O3/c1-2-8-16-13(20)7-9-17-15(22)19-10-14(21)18-11-5-3-4-6-12(11)19/h3-6H,2,7-10H2,1H3,(H,16,20)(H,17,22)(H,18,21). The van der Waals surface area contributed by atoms with Crippen molar-refractivity contribution in [3.8, 4) is 0 Å². The van der Waals surface area contributed by atoms with Gasteiger partial charge < -0.3 is 16.0 Å². The molecule has 0 atom stereocenters. The molecule has 2 rings (SSSR count). The highest BCUT2D eigenvalue weighted by Gasteiger charge is 2.26. The third-order valence-electron chi connectivity index (χ3n) is 3.22. The molecule has 3 N–H and O–H groups in total. The van der Waals surface area contributed by atoms with E-state index in [1.807, 2.05) is 6.92 Å². The second kappa shape index (κ2) is 7.44. The molecular formula is C15H20N4O3. The van der Waals surface area contributed by atoms with Crippen molar-refractivity contribution < 1.29 is 14.4 Å². The average molecular weight is 304 g/mol. The van der Waals surface area contributed by atoms with Crippen LogP contribution < -0.4 is 20.9 Å². The molecule has 0 bridgehead atoms. The van der Waals surface area contributed by atoms with Crippen LogP contribution in [0, 0.1) is 0 Å². The lowest BCUT2D eigenvalue weighted by Crippen LogP contribution is -2.47. The molecule has 1 aliphatic heterocycles. The highest BCUT2D eigenvalue weighted by molar-refractivity contribution is 6.09. The molecule has 1 aromatic carbocycles. The minimum absolute atomic E-state index is 0.0368. The fourth-order valence-electron chi connectivity index (χ4n) is 2.15. The monoisotopic (exact) mass is 304 g/mol. The topological polar surface area (TPSA) is 90.5 Å². The van der Waals surface area contributed by atoms with Crippen LogP contribution in [0.1, 0.15) is 19.8 Å². The number of hydrogen-bond acceptors (Lipinski definition) is 3. The molecule has 0 saturated heterocycles. The van der Waals surface area contributed by atoms with E-state index >= 15 is 0 Å². The van der Waals surface area contributed by atoms with E-state index in [1.165, 1.54) is 4.90 Å². The zero-order chi connectivity index (χ0) is 15.9. The van der Waals surface area contributed by atoms with Gasteiger partial charge in [-0.25, -0.2) is 4.79 Å². The van der Waals surface area contributed by atoms with Gasteiger partial charge in [0.15, 0.2) is 0 Å². The molecule has 1 heterocycles. The van der Waals surface area contributed by atoms with Crippen LogP contribution in [0.5, 0.6) is 0 Å². The lowest BCUT2D eigenvalue weighted by atomic mass is 10.2. The zero-order valence-electron chi connectivity index (χ0n) is 12.5. The lowest BCUT2D eigenvalue weighted by Gasteiger charge is -2.29. The van der Waals surface area contributed by atoms with Gasteiger partial charge in [-0.15, -0.1) is 0 Å². The summed E-state index contributed by atoms with van der Waals surface area (Å²) in [6, 6.07) is 6.71. The summed E-state index contributed by atoms with van der Waals surface area (Å²) in [6.45, 7) is 2.80. The summed E-state index contributed by atoms with van der Waals surface area (Å²) >= 11 is 0. The first-order chi connectivity index (χ1) is 10.6. The predicted molar refractivity (Wildman–Crippen MR) is 83.7 cm³/mol. The highest BCUT2D eigenvalue weighted by Crippen LogP contribution is 2.28. The largest absolute Gasteiger partial charge is 0.356 e. The number of amides is 4. The predicted octanol–water partition coefficient (Wildman–Crippen LogP) is 1.07. The van der Waals surface area contributed by atoms with E-state index in [-0.39, 0.29) is 37.4 Å². The van der Waals surface area contributed by atoms with Crippen molar-refractivity contribution in [1.82, 2.24) is 10.6 Å². The molecule has 7 nitrogen and oxygen atoms in total. The van der Waals surface area contributed by atoms with E-state index in [4.69, 9.17) is 0 Å². The Morgan fingerprint density at radius 3 is 2.77 bits per heavy atom. The van der Waals surface area contributed by atoms with Gasteiger partial charge >= 0.3 is 6.03 Å². The number of benzene rings is 1. The van der Waals surface area contributed by atoms with E-state index in [0.29, 0.717) is 17.9 Å². The highest BCUT2D eigenvalue weighted by atomic mass is 16.2. The maximum Gasteiger partial charge on any atom is 0.322 e. The first-order valence-corrected chi connectivity index (χ1v) is 7.32. The third-order valence-corrected chi connectivity index (χ3v) is 3.22. The van der Waals surface area contributed by atoms with E-state index < -0.39 is 0 Å². The number of urea groups is 1. The van der Waals surface area contributed by atoms with Crippen molar-refractivity contribution in [3.05, 3.63) is 24.3 Å². The Morgan fingerprint density at radius 2 is 2.00 bits per heavy atom. The zero-order valence-corrected chi connectivity index (χ0v) is 12.5. The Balaban J connectivity index is 1.90. The number of fused-ring (bicyclic) bond motifs is 1. The van der Waals surface area contributed by atoms with Crippen LogP contribution in [0.3, 0.4) is 0 Å². The normalized spacial score (nSPS) is 13.1. The number of carbonyl (C=O) groups is 3. The van der Waals surface area contributed by atoms with Crippen molar-refractivity contribution in [2.24, 2.45) is 0 Å². The minimum atomic E-state index is -0.384. The number of nitrogens with one attached hydrogen (secondary N) is 3. The van der Waals surface area contributed by atoms with Crippen LogP contribution in [0.15, 0.2) is 24.3 Å². The van der Waals surface area contributed by atoms with Gasteiger partial charge in [0.05, 0.1) is 11.4 Å². The third kappa shape index (κ3) is 3.97. The Bertz CT molecular complexity index is 574. The van der Waals surface area contributed by atoms with Crippen molar-refractivity contribution in [3.63, 3.8) is 0 Å². The van der Waals surface area contributed by atoms with Crippen molar-refractivity contribution in [2.45, 2.75) is 19.8 Å². The molecule has 1 aliphatic rings. The van der Waals surface area contributed by atoms with Gasteiger partial charge in [0.25, 0.3) is 0 Å². The summed E-state index contributed by atoms with van der Waals surface area (Å²) in [7, 11) is 0. The smallest absolute Gasteiger partial charge is 0.322 e. The SMILES string of the molecule is CCCNC(=O)CCNC(=O)N1CC(=O)Nc2ccccc21. The number of carbonyl (C=O) groups excluding carboxylic acids is 3. The number of anilines is 2. The molecule has 0 unspecified atom stereocenters. The van der Waals surface area contributed by atoms with Gasteiger partial charge in [-0.3, -0.25) is 14.5 Å². The molecule has 22 heavy (non-hydrogen) atoms. The first-order valence-electron chi connectivity index (χ1n) is 7.32. The number of nitrogens with zero attached hydrogens (tertiary/aromatic N) is 1. The summed E-state index contributed by atoms with van der Waals surface area (Å²) in [5.41, 5.74) is 1.25. The molecule has 1 aromatic rings. The molecule has 7 heteroatoms. The molecule has 0 fully saturated rings. The molecule has 4 amide bonds. The summed E-state index contributed by atoms with van der Waals surface area (Å²) < 4.78 is 0. The van der Waals surface area contributed by atoms with Gasteiger partial charge in [0.1, 0.15) is 6.54 Å². The Hall–Kier alpha value is -2.57. The molecule has 118 valence electrons. The average Bonchev–Trinajstić information content (AvgIpc) is 2.51. The van der Waals surface area contributed by atoms with Gasteiger partial charge in [-0.05, 0) is 18.6 Å². The summed E-state index contributed by atoms with van der Waals surface area (Å²) in [6.07, 6.45) is 1.09. The van der Waals surface area contributed by atoms with Crippen LogP contribution in [-0.2, 0) is 9.59 Å². The quantitative estimate of drug-likeness (QED) is 0.760.